The van der Waals surface area contributed by atoms with Gasteiger partial charge in [0.25, 0.3) is 5.91 Å². The summed E-state index contributed by atoms with van der Waals surface area (Å²) in [6.07, 6.45) is -3.24. The molecule has 0 aliphatic carbocycles. The third-order valence-electron chi connectivity index (χ3n) is 6.93. The molecule has 0 saturated carbocycles. The van der Waals surface area contributed by atoms with E-state index in [4.69, 9.17) is 5.26 Å². The molecule has 1 atom stereocenters. The predicted octanol–water partition coefficient (Wildman–Crippen LogP) is 4.30. The van der Waals surface area contributed by atoms with E-state index < -0.39 is 17.3 Å². The Morgan fingerprint density at radius 3 is 2.59 bits per heavy atom. The summed E-state index contributed by atoms with van der Waals surface area (Å²) in [4.78, 5) is 17.3. The molecule has 0 bridgehead atoms. The van der Waals surface area contributed by atoms with Gasteiger partial charge in [0.05, 0.1) is 22.1 Å². The third kappa shape index (κ3) is 3.97. The van der Waals surface area contributed by atoms with Crippen LogP contribution in [0.1, 0.15) is 39.2 Å². The number of aliphatic hydroxyl groups is 1. The normalized spacial score (nSPS) is 20.6. The standard InChI is InChI=1S/C23H24F3N3O2S/c1-15-4-9-32-20(15)21(31)28-7-5-22(6-8-28)14-29(12-17(22)13-30)18-3-2-16(11-27)19(10-18)23(24,25)26/h2-4,9-10,17,30H,5-8,12-14H2,1H3. The predicted molar refractivity (Wildman–Crippen MR) is 116 cm³/mol. The number of aliphatic hydroxyl groups excluding tert-OH is 1. The summed E-state index contributed by atoms with van der Waals surface area (Å²) in [5.74, 6) is -0.0714. The van der Waals surface area contributed by atoms with E-state index in [2.05, 4.69) is 0 Å². The Morgan fingerprint density at radius 2 is 2.03 bits per heavy atom. The van der Waals surface area contributed by atoms with Gasteiger partial charge in [0.2, 0.25) is 0 Å². The largest absolute Gasteiger partial charge is 0.417 e. The molecule has 1 N–H and O–H groups in total. The fourth-order valence-electron chi connectivity index (χ4n) is 5.00. The van der Waals surface area contributed by atoms with Gasteiger partial charge in [-0.3, -0.25) is 4.79 Å². The molecule has 1 unspecified atom stereocenters. The minimum Gasteiger partial charge on any atom is -0.396 e. The zero-order chi connectivity index (χ0) is 23.1. The van der Waals surface area contributed by atoms with Crippen molar-refractivity contribution in [2.45, 2.75) is 25.9 Å². The molecule has 32 heavy (non-hydrogen) atoms. The van der Waals surface area contributed by atoms with Crippen molar-refractivity contribution in [2.24, 2.45) is 11.3 Å². The van der Waals surface area contributed by atoms with E-state index in [0.29, 0.717) is 44.7 Å². The number of carbonyl (C=O) groups excluding carboxylic acids is 1. The number of aryl methyl sites for hydroxylation is 1. The zero-order valence-electron chi connectivity index (χ0n) is 17.7. The number of hydrogen-bond donors (Lipinski definition) is 1. The Bertz CT molecular complexity index is 1050. The molecule has 2 aliphatic heterocycles. The molecule has 5 nitrogen and oxygen atoms in total. The van der Waals surface area contributed by atoms with Crippen LogP contribution in [-0.4, -0.2) is 48.7 Å². The lowest BCUT2D eigenvalue weighted by Gasteiger charge is -2.42. The van der Waals surface area contributed by atoms with Gasteiger partial charge in [0.1, 0.15) is 0 Å². The van der Waals surface area contributed by atoms with Crippen LogP contribution in [0.3, 0.4) is 0 Å². The van der Waals surface area contributed by atoms with Gasteiger partial charge in [-0.15, -0.1) is 11.3 Å². The van der Waals surface area contributed by atoms with E-state index in [1.807, 2.05) is 28.2 Å². The molecule has 2 aromatic rings. The third-order valence-corrected chi connectivity index (χ3v) is 7.93. The van der Waals surface area contributed by atoms with E-state index in [1.165, 1.54) is 17.4 Å². The van der Waals surface area contributed by atoms with E-state index in [9.17, 15) is 23.1 Å². The fourth-order valence-corrected chi connectivity index (χ4v) is 5.89. The number of nitriles is 1. The Morgan fingerprint density at radius 1 is 1.31 bits per heavy atom. The van der Waals surface area contributed by atoms with E-state index in [1.54, 1.807) is 12.1 Å². The molecule has 170 valence electrons. The number of likely N-dealkylation sites (tertiary alicyclic amines) is 1. The van der Waals surface area contributed by atoms with Crippen molar-refractivity contribution in [2.75, 3.05) is 37.7 Å². The summed E-state index contributed by atoms with van der Waals surface area (Å²) in [5, 5.41) is 21.0. The van der Waals surface area contributed by atoms with Crippen LogP contribution in [0.4, 0.5) is 18.9 Å². The van der Waals surface area contributed by atoms with Gasteiger partial charge in [-0.1, -0.05) is 0 Å². The first-order valence-electron chi connectivity index (χ1n) is 10.5. The van der Waals surface area contributed by atoms with Gasteiger partial charge < -0.3 is 14.9 Å². The minimum atomic E-state index is -4.61. The summed E-state index contributed by atoms with van der Waals surface area (Å²) in [5.41, 5.74) is -0.237. The summed E-state index contributed by atoms with van der Waals surface area (Å²) in [6, 6.07) is 7.32. The minimum absolute atomic E-state index is 0.0182. The van der Waals surface area contributed by atoms with Crippen molar-refractivity contribution >= 4 is 22.9 Å². The van der Waals surface area contributed by atoms with Crippen LogP contribution in [-0.2, 0) is 6.18 Å². The average molecular weight is 464 g/mol. The van der Waals surface area contributed by atoms with Crippen LogP contribution in [0, 0.1) is 29.6 Å². The Labute approximate surface area is 188 Å². The molecule has 0 radical (unpaired) electrons. The quantitative estimate of drug-likeness (QED) is 0.737. The molecule has 2 saturated heterocycles. The van der Waals surface area contributed by atoms with Crippen molar-refractivity contribution in [3.63, 3.8) is 0 Å². The second-order valence-electron chi connectivity index (χ2n) is 8.69. The van der Waals surface area contributed by atoms with Gasteiger partial charge in [-0.2, -0.15) is 18.4 Å². The number of thiophene rings is 1. The van der Waals surface area contributed by atoms with Crippen molar-refractivity contribution < 1.29 is 23.1 Å². The van der Waals surface area contributed by atoms with Crippen molar-refractivity contribution in [1.29, 1.82) is 5.26 Å². The van der Waals surface area contributed by atoms with Crippen molar-refractivity contribution in [1.82, 2.24) is 4.90 Å². The lowest BCUT2D eigenvalue weighted by Crippen LogP contribution is -2.47. The van der Waals surface area contributed by atoms with Crippen LogP contribution in [0.5, 0.6) is 0 Å². The molecule has 1 amide bonds. The Balaban J connectivity index is 1.52. The summed E-state index contributed by atoms with van der Waals surface area (Å²) >= 11 is 1.43. The van der Waals surface area contributed by atoms with Gasteiger partial charge in [0, 0.05) is 44.4 Å². The molecule has 1 aromatic heterocycles. The van der Waals surface area contributed by atoms with Gasteiger partial charge >= 0.3 is 6.18 Å². The van der Waals surface area contributed by atoms with Gasteiger partial charge in [-0.05, 0) is 60.4 Å². The molecule has 1 aromatic carbocycles. The smallest absolute Gasteiger partial charge is 0.396 e. The van der Waals surface area contributed by atoms with E-state index in [0.717, 1.165) is 16.5 Å². The molecule has 3 heterocycles. The maximum absolute atomic E-state index is 13.4. The first-order chi connectivity index (χ1) is 15.2. The van der Waals surface area contributed by atoms with E-state index in [-0.39, 0.29) is 23.8 Å². The number of anilines is 1. The molecular formula is C23H24F3N3O2S. The lowest BCUT2D eigenvalue weighted by atomic mass is 9.71. The number of halogens is 3. The van der Waals surface area contributed by atoms with Crippen LogP contribution in [0.25, 0.3) is 0 Å². The molecule has 9 heteroatoms. The number of carbonyl (C=O) groups is 1. The van der Waals surface area contributed by atoms with E-state index >= 15 is 0 Å². The first-order valence-corrected chi connectivity index (χ1v) is 11.4. The average Bonchev–Trinajstić information content (AvgIpc) is 3.36. The summed E-state index contributed by atoms with van der Waals surface area (Å²) in [6.45, 7) is 3.93. The highest BCUT2D eigenvalue weighted by Crippen LogP contribution is 2.47. The summed E-state index contributed by atoms with van der Waals surface area (Å²) < 4.78 is 40.2. The maximum Gasteiger partial charge on any atom is 0.417 e. The highest BCUT2D eigenvalue weighted by atomic mass is 32.1. The Hall–Kier alpha value is -2.57. The number of hydrogen-bond acceptors (Lipinski definition) is 5. The second-order valence-corrected chi connectivity index (χ2v) is 9.60. The summed E-state index contributed by atoms with van der Waals surface area (Å²) in [7, 11) is 0. The number of alkyl halides is 3. The number of piperidine rings is 1. The number of nitrogens with zero attached hydrogens (tertiary/aromatic N) is 3. The highest BCUT2D eigenvalue weighted by Gasteiger charge is 2.48. The molecule has 1 spiro atoms. The highest BCUT2D eigenvalue weighted by molar-refractivity contribution is 7.12. The van der Waals surface area contributed by atoms with Crippen LogP contribution < -0.4 is 4.90 Å². The Kier molecular flexibility index (Phi) is 5.94. The number of amides is 1. The molecule has 2 fully saturated rings. The topological polar surface area (TPSA) is 67.6 Å². The monoisotopic (exact) mass is 463 g/mol. The van der Waals surface area contributed by atoms with Crippen LogP contribution in [0.2, 0.25) is 0 Å². The van der Waals surface area contributed by atoms with Crippen molar-refractivity contribution in [3.05, 3.63) is 51.2 Å². The second kappa shape index (κ2) is 8.41. The molecule has 2 aliphatic rings. The lowest BCUT2D eigenvalue weighted by molar-refractivity contribution is -0.137. The van der Waals surface area contributed by atoms with Crippen LogP contribution >= 0.6 is 11.3 Å². The molecular weight excluding hydrogens is 439 g/mol. The van der Waals surface area contributed by atoms with Crippen molar-refractivity contribution in [3.8, 4) is 6.07 Å². The SMILES string of the molecule is Cc1ccsc1C(=O)N1CCC2(CC1)CN(c1ccc(C#N)c(C(F)(F)F)c1)CC2CO. The number of benzene rings is 1. The van der Waals surface area contributed by atoms with Crippen LogP contribution in [0.15, 0.2) is 29.6 Å². The maximum atomic E-state index is 13.4. The van der Waals surface area contributed by atoms with Gasteiger partial charge in [-0.25, -0.2) is 0 Å². The first kappa shape index (κ1) is 22.6. The zero-order valence-corrected chi connectivity index (χ0v) is 18.5. The number of rotatable bonds is 3. The molecule has 4 rings (SSSR count). The fraction of sp³-hybridized carbons (Fsp3) is 0.478. The van der Waals surface area contributed by atoms with Gasteiger partial charge in [0.15, 0.2) is 0 Å².